The molecule has 2 aromatic rings. The number of pyridine rings is 1. The van der Waals surface area contributed by atoms with Crippen LogP contribution in [0.1, 0.15) is 30.4 Å². The third-order valence-corrected chi connectivity index (χ3v) is 5.09. The molecule has 4 heteroatoms. The van der Waals surface area contributed by atoms with Crippen LogP contribution in [0.15, 0.2) is 24.4 Å². The fourth-order valence-electron chi connectivity index (χ4n) is 3.83. The van der Waals surface area contributed by atoms with Crippen molar-refractivity contribution >= 4 is 10.9 Å². The van der Waals surface area contributed by atoms with Crippen LogP contribution in [-0.4, -0.2) is 30.1 Å². The highest BCUT2D eigenvalue weighted by atomic mass is 16.5. The van der Waals surface area contributed by atoms with Crippen LogP contribution in [0, 0.1) is 16.7 Å². The molecule has 1 saturated carbocycles. The first-order chi connectivity index (χ1) is 10.7. The maximum atomic E-state index is 9.14. The second-order valence-electron chi connectivity index (χ2n) is 6.70. The molecule has 0 N–H and O–H groups in total. The highest BCUT2D eigenvalue weighted by molar-refractivity contribution is 5.86. The molecule has 0 radical (unpaired) electrons. The number of likely N-dealkylation sites (tertiary alicyclic amines) is 1. The first-order valence-electron chi connectivity index (χ1n) is 7.80. The Morgan fingerprint density at radius 1 is 1.32 bits per heavy atom. The third kappa shape index (κ3) is 2.13. The summed E-state index contributed by atoms with van der Waals surface area (Å²) in [6.45, 7) is 3.41. The lowest BCUT2D eigenvalue weighted by atomic mass is 9.63. The maximum Gasteiger partial charge on any atom is 0.146 e. The van der Waals surface area contributed by atoms with E-state index in [1.54, 1.807) is 13.2 Å². The number of methoxy groups -OCH3 is 1. The number of ether oxygens (including phenoxy) is 1. The molecular weight excluding hydrogens is 274 g/mol. The van der Waals surface area contributed by atoms with E-state index in [1.165, 1.54) is 37.9 Å². The van der Waals surface area contributed by atoms with Crippen molar-refractivity contribution in [3.05, 3.63) is 35.5 Å². The molecule has 112 valence electrons. The minimum Gasteiger partial charge on any atom is -0.494 e. The standard InChI is InChI=1S/C18H19N3O/c1-22-16-7-13(8-19)5-15-6-14(9-20-17(15)16)10-21-11-18(12-21)3-2-4-18/h5-7,9H,2-4,10-12H2,1H3. The quantitative estimate of drug-likeness (QED) is 0.872. The van der Waals surface area contributed by atoms with Crippen LogP contribution in [0.4, 0.5) is 0 Å². The molecule has 1 aromatic carbocycles. The molecule has 4 nitrogen and oxygen atoms in total. The number of hydrogen-bond donors (Lipinski definition) is 0. The Morgan fingerprint density at radius 2 is 2.14 bits per heavy atom. The number of aromatic nitrogens is 1. The molecule has 0 bridgehead atoms. The van der Waals surface area contributed by atoms with E-state index >= 15 is 0 Å². The highest BCUT2D eigenvalue weighted by Gasteiger charge is 2.46. The average molecular weight is 293 g/mol. The number of nitriles is 1. The lowest BCUT2D eigenvalue weighted by molar-refractivity contribution is -0.0645. The van der Waals surface area contributed by atoms with Crippen LogP contribution < -0.4 is 4.74 Å². The van der Waals surface area contributed by atoms with E-state index in [0.717, 1.165) is 17.4 Å². The average Bonchev–Trinajstić information content (AvgIpc) is 2.46. The fourth-order valence-corrected chi connectivity index (χ4v) is 3.83. The van der Waals surface area contributed by atoms with E-state index in [0.29, 0.717) is 16.7 Å². The van der Waals surface area contributed by atoms with E-state index in [2.05, 4.69) is 22.0 Å². The van der Waals surface area contributed by atoms with Gasteiger partial charge in [-0.15, -0.1) is 0 Å². The van der Waals surface area contributed by atoms with Crippen molar-refractivity contribution in [1.82, 2.24) is 9.88 Å². The van der Waals surface area contributed by atoms with Crippen LogP contribution in [-0.2, 0) is 6.54 Å². The van der Waals surface area contributed by atoms with E-state index in [4.69, 9.17) is 10.00 Å². The van der Waals surface area contributed by atoms with Crippen LogP contribution >= 0.6 is 0 Å². The van der Waals surface area contributed by atoms with Gasteiger partial charge in [-0.3, -0.25) is 9.88 Å². The second kappa shape index (κ2) is 4.96. The molecule has 0 unspecified atom stereocenters. The smallest absolute Gasteiger partial charge is 0.146 e. The van der Waals surface area contributed by atoms with Gasteiger partial charge in [0.25, 0.3) is 0 Å². The lowest BCUT2D eigenvalue weighted by Crippen LogP contribution is -2.58. The summed E-state index contributed by atoms with van der Waals surface area (Å²) in [5.41, 5.74) is 3.30. The Bertz CT molecular complexity index is 766. The Morgan fingerprint density at radius 3 is 2.77 bits per heavy atom. The summed E-state index contributed by atoms with van der Waals surface area (Å²) in [5, 5.41) is 10.1. The van der Waals surface area contributed by atoms with E-state index in [9.17, 15) is 0 Å². The normalized spacial score (nSPS) is 19.5. The van der Waals surface area contributed by atoms with Crippen LogP contribution in [0.25, 0.3) is 10.9 Å². The molecular formula is C18H19N3O. The predicted molar refractivity (Wildman–Crippen MR) is 84.6 cm³/mol. The van der Waals surface area contributed by atoms with Crippen molar-refractivity contribution in [1.29, 1.82) is 5.26 Å². The summed E-state index contributed by atoms with van der Waals surface area (Å²) >= 11 is 0. The molecule has 22 heavy (non-hydrogen) atoms. The molecule has 0 atom stereocenters. The molecule has 1 aliphatic heterocycles. The molecule has 1 saturated heterocycles. The summed E-state index contributed by atoms with van der Waals surface area (Å²) in [6, 6.07) is 7.95. The topological polar surface area (TPSA) is 49.1 Å². The van der Waals surface area contributed by atoms with Gasteiger partial charge in [0, 0.05) is 37.3 Å². The van der Waals surface area contributed by atoms with Gasteiger partial charge in [0.05, 0.1) is 18.7 Å². The first-order valence-corrected chi connectivity index (χ1v) is 7.80. The summed E-state index contributed by atoms with van der Waals surface area (Å²) in [4.78, 5) is 7.04. The molecule has 1 aliphatic carbocycles. The zero-order chi connectivity index (χ0) is 15.2. The number of rotatable bonds is 3. The Balaban J connectivity index is 1.59. The Labute approximate surface area is 130 Å². The Kier molecular flexibility index (Phi) is 3.05. The summed E-state index contributed by atoms with van der Waals surface area (Å²) in [5.74, 6) is 0.665. The highest BCUT2D eigenvalue weighted by Crippen LogP contribution is 2.48. The maximum absolute atomic E-state index is 9.14. The number of nitrogens with zero attached hydrogens (tertiary/aromatic N) is 3. The molecule has 0 amide bonds. The lowest BCUT2D eigenvalue weighted by Gasteiger charge is -2.56. The molecule has 2 fully saturated rings. The van der Waals surface area contributed by atoms with Crippen LogP contribution in [0.5, 0.6) is 5.75 Å². The third-order valence-electron chi connectivity index (χ3n) is 5.09. The first kappa shape index (κ1) is 13.5. The Hall–Kier alpha value is -2.12. The van der Waals surface area contributed by atoms with Crippen molar-refractivity contribution in [2.75, 3.05) is 20.2 Å². The van der Waals surface area contributed by atoms with Gasteiger partial charge in [-0.25, -0.2) is 0 Å². The van der Waals surface area contributed by atoms with Gasteiger partial charge in [-0.1, -0.05) is 6.42 Å². The minimum absolute atomic E-state index is 0.612. The van der Waals surface area contributed by atoms with Gasteiger partial charge in [0.2, 0.25) is 0 Å². The van der Waals surface area contributed by atoms with E-state index in [-0.39, 0.29) is 0 Å². The molecule has 2 aliphatic rings. The largest absolute Gasteiger partial charge is 0.494 e. The van der Waals surface area contributed by atoms with E-state index in [1.807, 2.05) is 12.3 Å². The van der Waals surface area contributed by atoms with Crippen molar-refractivity contribution in [2.24, 2.45) is 5.41 Å². The van der Waals surface area contributed by atoms with Gasteiger partial charge in [-0.2, -0.15) is 5.26 Å². The van der Waals surface area contributed by atoms with Gasteiger partial charge < -0.3 is 4.74 Å². The van der Waals surface area contributed by atoms with Crippen molar-refractivity contribution in [2.45, 2.75) is 25.8 Å². The van der Waals surface area contributed by atoms with E-state index < -0.39 is 0 Å². The van der Waals surface area contributed by atoms with Crippen molar-refractivity contribution in [3.8, 4) is 11.8 Å². The zero-order valence-corrected chi connectivity index (χ0v) is 12.8. The van der Waals surface area contributed by atoms with Gasteiger partial charge in [0.15, 0.2) is 0 Å². The zero-order valence-electron chi connectivity index (χ0n) is 12.8. The summed E-state index contributed by atoms with van der Waals surface area (Å²) < 4.78 is 5.35. The molecule has 1 spiro atoms. The summed E-state index contributed by atoms with van der Waals surface area (Å²) in [6.07, 6.45) is 6.15. The number of fused-ring (bicyclic) bond motifs is 1. The minimum atomic E-state index is 0.612. The van der Waals surface area contributed by atoms with Gasteiger partial charge in [0.1, 0.15) is 11.3 Å². The van der Waals surface area contributed by atoms with Crippen LogP contribution in [0.2, 0.25) is 0 Å². The predicted octanol–water partition coefficient (Wildman–Crippen LogP) is 3.10. The van der Waals surface area contributed by atoms with Crippen LogP contribution in [0.3, 0.4) is 0 Å². The van der Waals surface area contributed by atoms with Crippen molar-refractivity contribution in [3.63, 3.8) is 0 Å². The number of hydrogen-bond acceptors (Lipinski definition) is 4. The van der Waals surface area contributed by atoms with Gasteiger partial charge >= 0.3 is 0 Å². The molecule has 4 rings (SSSR count). The second-order valence-corrected chi connectivity index (χ2v) is 6.70. The fraction of sp³-hybridized carbons (Fsp3) is 0.444. The molecule has 1 aromatic heterocycles. The SMILES string of the molecule is COc1cc(C#N)cc2cc(CN3CC4(CCC4)C3)cnc12. The van der Waals surface area contributed by atoms with Gasteiger partial charge in [-0.05, 0) is 36.0 Å². The summed E-state index contributed by atoms with van der Waals surface area (Å²) in [7, 11) is 1.61. The monoisotopic (exact) mass is 293 g/mol. The number of benzene rings is 1. The molecule has 2 heterocycles. The van der Waals surface area contributed by atoms with Crippen molar-refractivity contribution < 1.29 is 4.74 Å².